The molecule has 0 aromatic heterocycles. The topological polar surface area (TPSA) is 66.5 Å². The number of nitrogens with zero attached hydrogens (tertiary/aromatic N) is 1. The Morgan fingerprint density at radius 2 is 1.59 bits per heavy atom. The van der Waals surface area contributed by atoms with Crippen molar-refractivity contribution in [3.05, 3.63) is 64.7 Å². The van der Waals surface area contributed by atoms with E-state index in [0.717, 1.165) is 16.7 Å². The van der Waals surface area contributed by atoms with Gasteiger partial charge in [0.05, 0.1) is 10.9 Å². The van der Waals surface area contributed by atoms with Crippen LogP contribution in [0.25, 0.3) is 0 Å². The van der Waals surface area contributed by atoms with Crippen LogP contribution in [0, 0.1) is 26.7 Å². The van der Waals surface area contributed by atoms with Gasteiger partial charge in [0, 0.05) is 19.0 Å². The van der Waals surface area contributed by atoms with Crippen molar-refractivity contribution in [1.82, 2.24) is 9.62 Å². The number of sulfonamides is 1. The summed E-state index contributed by atoms with van der Waals surface area (Å²) in [5, 5.41) is 3.08. The Balaban J connectivity index is 1.60. The lowest BCUT2D eigenvalue weighted by atomic mass is 9.96. The van der Waals surface area contributed by atoms with Crippen LogP contribution in [0.15, 0.2) is 47.4 Å². The highest BCUT2D eigenvalue weighted by molar-refractivity contribution is 7.89. The molecule has 1 amide bonds. The van der Waals surface area contributed by atoms with Gasteiger partial charge < -0.3 is 5.32 Å². The second kappa shape index (κ2) is 8.67. The van der Waals surface area contributed by atoms with Gasteiger partial charge >= 0.3 is 0 Å². The zero-order valence-corrected chi connectivity index (χ0v) is 18.4. The van der Waals surface area contributed by atoms with E-state index >= 15 is 0 Å². The summed E-state index contributed by atoms with van der Waals surface area (Å²) in [4.78, 5) is 13.0. The number of amides is 1. The summed E-state index contributed by atoms with van der Waals surface area (Å²) in [5.41, 5.74) is 4.06. The number of carbonyl (C=O) groups excluding carboxylic acids is 1. The Labute approximate surface area is 174 Å². The fraction of sp³-hybridized carbons (Fsp3) is 0.435. The highest BCUT2D eigenvalue weighted by atomic mass is 32.2. The number of piperidine rings is 1. The lowest BCUT2D eigenvalue weighted by Gasteiger charge is -2.31. The fourth-order valence-electron chi connectivity index (χ4n) is 3.86. The average Bonchev–Trinajstić information content (AvgIpc) is 2.68. The van der Waals surface area contributed by atoms with Crippen molar-refractivity contribution in [2.75, 3.05) is 13.1 Å². The molecular formula is C23H30N2O3S. The van der Waals surface area contributed by atoms with Crippen LogP contribution in [-0.2, 0) is 14.8 Å². The zero-order valence-electron chi connectivity index (χ0n) is 17.6. The summed E-state index contributed by atoms with van der Waals surface area (Å²) in [6.07, 6.45) is 1.08. The minimum Gasteiger partial charge on any atom is -0.349 e. The molecule has 1 aliphatic heterocycles. The molecule has 1 saturated heterocycles. The van der Waals surface area contributed by atoms with E-state index in [2.05, 4.69) is 5.32 Å². The second-order valence-electron chi connectivity index (χ2n) is 8.09. The Morgan fingerprint density at radius 3 is 2.17 bits per heavy atom. The highest BCUT2D eigenvalue weighted by Gasteiger charge is 2.33. The molecule has 0 bridgehead atoms. The van der Waals surface area contributed by atoms with Crippen LogP contribution in [0.2, 0.25) is 0 Å². The summed E-state index contributed by atoms with van der Waals surface area (Å²) in [5.74, 6) is -0.157. The van der Waals surface area contributed by atoms with E-state index in [-0.39, 0.29) is 17.9 Å². The van der Waals surface area contributed by atoms with Crippen molar-refractivity contribution < 1.29 is 13.2 Å². The predicted molar refractivity (Wildman–Crippen MR) is 115 cm³/mol. The van der Waals surface area contributed by atoms with Crippen LogP contribution < -0.4 is 5.32 Å². The zero-order chi connectivity index (χ0) is 21.2. The molecule has 2 aromatic carbocycles. The molecule has 0 saturated carbocycles. The average molecular weight is 415 g/mol. The second-order valence-corrected chi connectivity index (χ2v) is 9.99. The van der Waals surface area contributed by atoms with Crippen LogP contribution in [-0.4, -0.2) is 31.7 Å². The third-order valence-corrected chi connectivity index (χ3v) is 7.77. The van der Waals surface area contributed by atoms with Gasteiger partial charge in [0.1, 0.15) is 0 Å². The van der Waals surface area contributed by atoms with Crippen molar-refractivity contribution >= 4 is 15.9 Å². The molecule has 1 fully saturated rings. The first-order valence-corrected chi connectivity index (χ1v) is 11.6. The van der Waals surface area contributed by atoms with E-state index in [1.165, 1.54) is 9.87 Å². The maximum atomic E-state index is 13.0. The minimum absolute atomic E-state index is 0.00152. The maximum Gasteiger partial charge on any atom is 0.243 e. The van der Waals surface area contributed by atoms with Gasteiger partial charge in [-0.25, -0.2) is 8.42 Å². The minimum atomic E-state index is -3.53. The molecule has 0 spiro atoms. The van der Waals surface area contributed by atoms with Crippen molar-refractivity contribution in [1.29, 1.82) is 0 Å². The van der Waals surface area contributed by atoms with Gasteiger partial charge in [0.25, 0.3) is 0 Å². The van der Waals surface area contributed by atoms with Crippen molar-refractivity contribution in [2.45, 2.75) is 51.5 Å². The van der Waals surface area contributed by atoms with Gasteiger partial charge in [-0.15, -0.1) is 0 Å². The lowest BCUT2D eigenvalue weighted by molar-refractivity contribution is -0.126. The molecule has 1 unspecified atom stereocenters. The summed E-state index contributed by atoms with van der Waals surface area (Å²) in [7, 11) is -3.53. The number of aryl methyl sites for hydroxylation is 3. The summed E-state index contributed by atoms with van der Waals surface area (Å²) in [6.45, 7) is 8.52. The first-order valence-electron chi connectivity index (χ1n) is 10.1. The molecule has 1 N–H and O–H groups in total. The Morgan fingerprint density at radius 1 is 1.00 bits per heavy atom. The molecule has 1 aliphatic rings. The maximum absolute atomic E-state index is 13.0. The number of rotatable bonds is 5. The first kappa shape index (κ1) is 21.5. The molecule has 6 heteroatoms. The fourth-order valence-corrected chi connectivity index (χ4v) is 5.53. The SMILES string of the molecule is Cc1ccc(C(C)NC(=O)C2CCN(S(=O)(=O)c3ccc(C)cc3C)CC2)cc1. The van der Waals surface area contributed by atoms with E-state index in [1.807, 2.05) is 64.1 Å². The highest BCUT2D eigenvalue weighted by Crippen LogP contribution is 2.27. The van der Waals surface area contributed by atoms with E-state index in [1.54, 1.807) is 6.07 Å². The monoisotopic (exact) mass is 414 g/mol. The predicted octanol–water partition coefficient (Wildman–Crippen LogP) is 3.89. The van der Waals surface area contributed by atoms with Crippen LogP contribution in [0.3, 0.4) is 0 Å². The largest absolute Gasteiger partial charge is 0.349 e. The van der Waals surface area contributed by atoms with Crippen LogP contribution in [0.5, 0.6) is 0 Å². The summed E-state index contributed by atoms with van der Waals surface area (Å²) < 4.78 is 27.5. The molecule has 1 heterocycles. The van der Waals surface area contributed by atoms with Crippen molar-refractivity contribution in [3.63, 3.8) is 0 Å². The normalized spacial score (nSPS) is 17.1. The van der Waals surface area contributed by atoms with Crippen LogP contribution in [0.4, 0.5) is 0 Å². The quantitative estimate of drug-likeness (QED) is 0.807. The third kappa shape index (κ3) is 4.87. The van der Waals surface area contributed by atoms with Gasteiger partial charge in [-0.05, 0) is 57.7 Å². The number of nitrogens with one attached hydrogen (secondary N) is 1. The number of carbonyl (C=O) groups is 1. The van der Waals surface area contributed by atoms with Gasteiger partial charge in [0.15, 0.2) is 0 Å². The van der Waals surface area contributed by atoms with Crippen molar-refractivity contribution in [3.8, 4) is 0 Å². The molecule has 2 aromatic rings. The Hall–Kier alpha value is -2.18. The smallest absolute Gasteiger partial charge is 0.243 e. The lowest BCUT2D eigenvalue weighted by Crippen LogP contribution is -2.43. The molecule has 1 atom stereocenters. The summed E-state index contributed by atoms with van der Waals surface area (Å²) >= 11 is 0. The molecule has 0 radical (unpaired) electrons. The molecule has 3 rings (SSSR count). The first-order chi connectivity index (χ1) is 13.7. The van der Waals surface area contributed by atoms with Gasteiger partial charge in [-0.3, -0.25) is 4.79 Å². The number of hydrogen-bond acceptors (Lipinski definition) is 3. The van der Waals surface area contributed by atoms with E-state index in [0.29, 0.717) is 30.8 Å². The Bertz CT molecular complexity index is 976. The van der Waals surface area contributed by atoms with E-state index in [4.69, 9.17) is 0 Å². The summed E-state index contributed by atoms with van der Waals surface area (Å²) in [6, 6.07) is 13.5. The third-order valence-electron chi connectivity index (χ3n) is 5.71. The van der Waals surface area contributed by atoms with Crippen molar-refractivity contribution in [2.24, 2.45) is 5.92 Å². The van der Waals surface area contributed by atoms with Gasteiger partial charge in [-0.2, -0.15) is 4.31 Å². The Kier molecular flexibility index (Phi) is 6.44. The molecular weight excluding hydrogens is 384 g/mol. The molecule has 0 aliphatic carbocycles. The number of benzene rings is 2. The van der Waals surface area contributed by atoms with E-state index < -0.39 is 10.0 Å². The number of hydrogen-bond donors (Lipinski definition) is 1. The van der Waals surface area contributed by atoms with Crippen LogP contribution in [0.1, 0.15) is 48.1 Å². The van der Waals surface area contributed by atoms with Gasteiger partial charge in [0.2, 0.25) is 15.9 Å². The van der Waals surface area contributed by atoms with Gasteiger partial charge in [-0.1, -0.05) is 47.5 Å². The van der Waals surface area contributed by atoms with E-state index in [9.17, 15) is 13.2 Å². The van der Waals surface area contributed by atoms with Crippen LogP contribution >= 0.6 is 0 Å². The molecule has 5 nitrogen and oxygen atoms in total. The molecule has 156 valence electrons. The standard InChI is InChI=1S/C23H30N2O3S/c1-16-5-8-20(9-6-16)19(4)24-23(26)21-11-13-25(14-12-21)29(27,28)22-10-7-17(2)15-18(22)3/h5-10,15,19,21H,11-14H2,1-4H3,(H,24,26). The molecule has 29 heavy (non-hydrogen) atoms.